The zero-order chi connectivity index (χ0) is 17.8. The quantitative estimate of drug-likeness (QED) is 0.774. The summed E-state index contributed by atoms with van der Waals surface area (Å²) in [6.07, 6.45) is 0.884. The molecule has 25 heavy (non-hydrogen) atoms. The van der Waals surface area contributed by atoms with Crippen molar-refractivity contribution >= 4 is 11.6 Å². The second kappa shape index (κ2) is 7.12. The third-order valence-electron chi connectivity index (χ3n) is 3.77. The summed E-state index contributed by atoms with van der Waals surface area (Å²) in [6, 6.07) is 13.1. The molecule has 0 bridgehead atoms. The van der Waals surface area contributed by atoms with Gasteiger partial charge in [0.2, 0.25) is 0 Å². The molecule has 1 amide bonds. The summed E-state index contributed by atoms with van der Waals surface area (Å²) in [5, 5.41) is 13.9. The van der Waals surface area contributed by atoms with Gasteiger partial charge in [0.15, 0.2) is 6.10 Å². The van der Waals surface area contributed by atoms with Gasteiger partial charge in [0, 0.05) is 5.69 Å². The van der Waals surface area contributed by atoms with Gasteiger partial charge >= 0.3 is 0 Å². The van der Waals surface area contributed by atoms with Crippen LogP contribution in [0.1, 0.15) is 18.1 Å². The minimum atomic E-state index is -0.625. The lowest BCUT2D eigenvalue weighted by atomic mass is 10.1. The normalized spacial score (nSPS) is 11.8. The Balaban J connectivity index is 1.63. The molecule has 3 rings (SSSR count). The van der Waals surface area contributed by atoms with E-state index in [-0.39, 0.29) is 5.91 Å². The molecule has 0 fully saturated rings. The summed E-state index contributed by atoms with van der Waals surface area (Å²) in [5.74, 6) is 0.400. The molecule has 0 saturated heterocycles. The number of aryl methyl sites for hydroxylation is 2. The van der Waals surface area contributed by atoms with Gasteiger partial charge < -0.3 is 10.1 Å². The van der Waals surface area contributed by atoms with Gasteiger partial charge in [0.25, 0.3) is 5.91 Å². The topological polar surface area (TPSA) is 81.9 Å². The first-order valence-electron chi connectivity index (χ1n) is 7.91. The van der Waals surface area contributed by atoms with Crippen LogP contribution in [0.25, 0.3) is 5.69 Å². The van der Waals surface area contributed by atoms with Gasteiger partial charge in [-0.15, -0.1) is 5.10 Å². The van der Waals surface area contributed by atoms with Gasteiger partial charge in [-0.1, -0.05) is 17.7 Å². The molecular weight excluding hydrogens is 318 g/mol. The average molecular weight is 337 g/mol. The predicted molar refractivity (Wildman–Crippen MR) is 93.8 cm³/mol. The van der Waals surface area contributed by atoms with Crippen LogP contribution < -0.4 is 10.1 Å². The third-order valence-corrected chi connectivity index (χ3v) is 3.77. The lowest BCUT2D eigenvalue weighted by molar-refractivity contribution is -0.122. The van der Waals surface area contributed by atoms with E-state index in [0.29, 0.717) is 5.75 Å². The molecular formula is C18H19N5O2. The molecule has 0 aliphatic heterocycles. The fraction of sp³-hybridized carbons (Fsp3) is 0.222. The van der Waals surface area contributed by atoms with Crippen molar-refractivity contribution in [3.63, 3.8) is 0 Å². The predicted octanol–water partition coefficient (Wildman–Crippen LogP) is 2.69. The van der Waals surface area contributed by atoms with Crippen LogP contribution in [0.3, 0.4) is 0 Å². The molecule has 1 aromatic heterocycles. The summed E-state index contributed by atoms with van der Waals surface area (Å²) in [4.78, 5) is 12.3. The highest BCUT2D eigenvalue weighted by atomic mass is 16.5. The van der Waals surface area contributed by atoms with E-state index in [0.717, 1.165) is 22.5 Å². The number of benzene rings is 2. The van der Waals surface area contributed by atoms with Crippen molar-refractivity contribution in [1.82, 2.24) is 20.2 Å². The lowest BCUT2D eigenvalue weighted by Crippen LogP contribution is -2.30. The molecule has 3 aromatic rings. The zero-order valence-corrected chi connectivity index (χ0v) is 14.3. The molecule has 0 unspecified atom stereocenters. The van der Waals surface area contributed by atoms with Crippen molar-refractivity contribution in [1.29, 1.82) is 0 Å². The molecule has 0 aliphatic carbocycles. The number of nitrogens with one attached hydrogen (secondary N) is 1. The third kappa shape index (κ3) is 4.00. The molecule has 0 aliphatic rings. The highest BCUT2D eigenvalue weighted by Crippen LogP contribution is 2.18. The van der Waals surface area contributed by atoms with Gasteiger partial charge in [-0.2, -0.15) is 0 Å². The second-order valence-electron chi connectivity index (χ2n) is 5.82. The number of amides is 1. The van der Waals surface area contributed by atoms with E-state index in [1.54, 1.807) is 23.7 Å². The Morgan fingerprint density at radius 2 is 1.92 bits per heavy atom. The van der Waals surface area contributed by atoms with Crippen LogP contribution in [0.5, 0.6) is 5.75 Å². The first-order chi connectivity index (χ1) is 12.0. The maximum absolute atomic E-state index is 12.3. The summed E-state index contributed by atoms with van der Waals surface area (Å²) in [5.41, 5.74) is 3.78. The standard InChI is InChI=1S/C18H19N5O2/c1-12-4-9-17(13(2)10-12)20-18(24)14(3)25-16-7-5-15(6-8-16)23-11-19-21-22-23/h4-11,14H,1-3H3,(H,20,24)/t14-/m1/s1. The van der Waals surface area contributed by atoms with E-state index in [9.17, 15) is 4.79 Å². The molecule has 0 spiro atoms. The molecule has 7 heteroatoms. The van der Waals surface area contributed by atoms with Crippen LogP contribution in [0, 0.1) is 13.8 Å². The monoisotopic (exact) mass is 337 g/mol. The van der Waals surface area contributed by atoms with Gasteiger partial charge in [0.1, 0.15) is 12.1 Å². The van der Waals surface area contributed by atoms with E-state index in [1.165, 1.54) is 6.33 Å². The van der Waals surface area contributed by atoms with Gasteiger partial charge in [-0.25, -0.2) is 4.68 Å². The number of carbonyl (C=O) groups is 1. The van der Waals surface area contributed by atoms with E-state index >= 15 is 0 Å². The molecule has 7 nitrogen and oxygen atoms in total. The average Bonchev–Trinajstić information content (AvgIpc) is 3.12. The van der Waals surface area contributed by atoms with E-state index in [4.69, 9.17) is 4.74 Å². The van der Waals surface area contributed by atoms with E-state index < -0.39 is 6.10 Å². The number of tetrazole rings is 1. The minimum Gasteiger partial charge on any atom is -0.481 e. The molecule has 0 saturated carbocycles. The Bertz CT molecular complexity index is 860. The van der Waals surface area contributed by atoms with E-state index in [2.05, 4.69) is 20.8 Å². The van der Waals surface area contributed by atoms with Crippen molar-refractivity contribution in [3.8, 4) is 11.4 Å². The maximum atomic E-state index is 12.3. The number of anilines is 1. The summed E-state index contributed by atoms with van der Waals surface area (Å²) >= 11 is 0. The van der Waals surface area contributed by atoms with Crippen LogP contribution >= 0.6 is 0 Å². The van der Waals surface area contributed by atoms with Crippen molar-refractivity contribution < 1.29 is 9.53 Å². The Hall–Kier alpha value is -3.22. The fourth-order valence-corrected chi connectivity index (χ4v) is 2.40. The van der Waals surface area contributed by atoms with Crippen LogP contribution in [0.4, 0.5) is 5.69 Å². The minimum absolute atomic E-state index is 0.198. The number of hydrogen-bond donors (Lipinski definition) is 1. The SMILES string of the molecule is Cc1ccc(NC(=O)[C@@H](C)Oc2ccc(-n3cnnn3)cc2)c(C)c1. The van der Waals surface area contributed by atoms with Gasteiger partial charge in [-0.3, -0.25) is 4.79 Å². The number of hydrogen-bond acceptors (Lipinski definition) is 5. The molecule has 1 atom stereocenters. The highest BCUT2D eigenvalue weighted by Gasteiger charge is 2.15. The van der Waals surface area contributed by atoms with Crippen molar-refractivity contribution in [2.75, 3.05) is 5.32 Å². The van der Waals surface area contributed by atoms with Crippen LogP contribution in [-0.4, -0.2) is 32.2 Å². The summed E-state index contributed by atoms with van der Waals surface area (Å²) < 4.78 is 7.25. The molecule has 1 heterocycles. The largest absolute Gasteiger partial charge is 0.481 e. The maximum Gasteiger partial charge on any atom is 0.265 e. The Morgan fingerprint density at radius 3 is 2.56 bits per heavy atom. The molecule has 128 valence electrons. The van der Waals surface area contributed by atoms with Crippen molar-refractivity contribution in [2.45, 2.75) is 26.9 Å². The van der Waals surface area contributed by atoms with Gasteiger partial charge in [-0.05, 0) is 67.1 Å². The van der Waals surface area contributed by atoms with Crippen molar-refractivity contribution in [2.24, 2.45) is 0 Å². The molecule has 0 radical (unpaired) electrons. The van der Waals surface area contributed by atoms with Crippen molar-refractivity contribution in [3.05, 3.63) is 59.9 Å². The summed E-state index contributed by atoms with van der Waals surface area (Å²) in [6.45, 7) is 5.70. The number of ether oxygens (including phenoxy) is 1. The number of nitrogens with zero attached hydrogens (tertiary/aromatic N) is 4. The molecule has 1 N–H and O–H groups in total. The zero-order valence-electron chi connectivity index (χ0n) is 14.3. The Morgan fingerprint density at radius 1 is 1.16 bits per heavy atom. The first-order valence-corrected chi connectivity index (χ1v) is 7.91. The smallest absolute Gasteiger partial charge is 0.265 e. The van der Waals surface area contributed by atoms with Crippen LogP contribution in [0.15, 0.2) is 48.8 Å². The van der Waals surface area contributed by atoms with E-state index in [1.807, 2.05) is 44.2 Å². The lowest BCUT2D eigenvalue weighted by Gasteiger charge is -2.16. The fourth-order valence-electron chi connectivity index (χ4n) is 2.40. The number of rotatable bonds is 5. The van der Waals surface area contributed by atoms with Crippen LogP contribution in [0.2, 0.25) is 0 Å². The Labute approximate surface area is 145 Å². The Kier molecular flexibility index (Phi) is 4.74. The summed E-state index contributed by atoms with van der Waals surface area (Å²) in [7, 11) is 0. The second-order valence-corrected chi connectivity index (χ2v) is 5.82. The van der Waals surface area contributed by atoms with Crippen LogP contribution in [-0.2, 0) is 4.79 Å². The first kappa shape index (κ1) is 16.6. The highest BCUT2D eigenvalue weighted by molar-refractivity contribution is 5.94. The number of carbonyl (C=O) groups excluding carboxylic acids is 1. The number of aromatic nitrogens is 4. The molecule has 2 aromatic carbocycles. The van der Waals surface area contributed by atoms with Gasteiger partial charge in [0.05, 0.1) is 5.69 Å².